The first-order valence-corrected chi connectivity index (χ1v) is 7.82. The summed E-state index contributed by atoms with van der Waals surface area (Å²) >= 11 is 0. The minimum Gasteiger partial charge on any atom is -0.394 e. The lowest BCUT2D eigenvalue weighted by Gasteiger charge is -2.41. The lowest BCUT2D eigenvalue weighted by atomic mass is 9.95. The molecular formula is C18H22O5. The van der Waals surface area contributed by atoms with Gasteiger partial charge in [0.2, 0.25) is 0 Å². The number of aliphatic hydroxyl groups is 3. The third-order valence-corrected chi connectivity index (χ3v) is 4.36. The molecule has 1 fully saturated rings. The molecule has 0 bridgehead atoms. The van der Waals surface area contributed by atoms with Crippen LogP contribution in [0, 0.1) is 0 Å². The summed E-state index contributed by atoms with van der Waals surface area (Å²) in [6, 6.07) is 14.0. The quantitative estimate of drug-likeness (QED) is 0.790. The van der Waals surface area contributed by atoms with E-state index in [0.717, 1.165) is 16.3 Å². The first kappa shape index (κ1) is 16.4. The summed E-state index contributed by atoms with van der Waals surface area (Å²) in [7, 11) is 0. The number of benzene rings is 2. The van der Waals surface area contributed by atoms with E-state index in [2.05, 4.69) is 0 Å². The number of rotatable bonds is 4. The van der Waals surface area contributed by atoms with Crippen LogP contribution in [0.2, 0.25) is 0 Å². The van der Waals surface area contributed by atoms with E-state index in [9.17, 15) is 15.3 Å². The molecule has 2 unspecified atom stereocenters. The van der Waals surface area contributed by atoms with Gasteiger partial charge in [-0.15, -0.1) is 0 Å². The molecule has 3 rings (SSSR count). The maximum atomic E-state index is 10.2. The molecular weight excluding hydrogens is 296 g/mol. The summed E-state index contributed by atoms with van der Waals surface area (Å²) in [6.45, 7) is 1.66. The molecule has 0 saturated carbocycles. The maximum Gasteiger partial charge on any atom is 0.115 e. The van der Waals surface area contributed by atoms with Crippen molar-refractivity contribution < 1.29 is 24.8 Å². The average Bonchev–Trinajstić information content (AvgIpc) is 2.58. The summed E-state index contributed by atoms with van der Waals surface area (Å²) in [5.74, 6) is 0. The zero-order valence-electron chi connectivity index (χ0n) is 13.0. The Labute approximate surface area is 135 Å². The van der Waals surface area contributed by atoms with Gasteiger partial charge in [0.05, 0.1) is 19.3 Å². The molecule has 5 atom stereocenters. The molecule has 23 heavy (non-hydrogen) atoms. The Kier molecular flexibility index (Phi) is 4.94. The third-order valence-electron chi connectivity index (χ3n) is 4.36. The Morgan fingerprint density at radius 1 is 1.04 bits per heavy atom. The molecule has 5 nitrogen and oxygen atoms in total. The van der Waals surface area contributed by atoms with E-state index in [-0.39, 0.29) is 13.2 Å². The summed E-state index contributed by atoms with van der Waals surface area (Å²) < 4.78 is 11.1. The molecule has 3 N–H and O–H groups in total. The van der Waals surface area contributed by atoms with Crippen molar-refractivity contribution in [1.82, 2.24) is 0 Å². The summed E-state index contributed by atoms with van der Waals surface area (Å²) in [6.07, 6.45) is -4.03. The van der Waals surface area contributed by atoms with E-state index < -0.39 is 30.5 Å². The highest BCUT2D eigenvalue weighted by molar-refractivity contribution is 5.82. The molecule has 1 heterocycles. The van der Waals surface area contributed by atoms with Gasteiger partial charge < -0.3 is 24.8 Å². The van der Waals surface area contributed by atoms with E-state index in [0.29, 0.717) is 0 Å². The largest absolute Gasteiger partial charge is 0.394 e. The molecule has 0 spiro atoms. The smallest absolute Gasteiger partial charge is 0.115 e. The number of hydrogen-bond donors (Lipinski definition) is 3. The van der Waals surface area contributed by atoms with Crippen LogP contribution in [0.25, 0.3) is 10.8 Å². The second kappa shape index (κ2) is 6.95. The molecule has 124 valence electrons. The van der Waals surface area contributed by atoms with Crippen molar-refractivity contribution in [2.24, 2.45) is 0 Å². The Bertz CT molecular complexity index is 659. The SMILES string of the molecule is C[C@@H]1OC(CO)[C@@H](O)[C@H](OCc2ccc3ccccc3c2)C1O. The topological polar surface area (TPSA) is 79.2 Å². The molecule has 1 aliphatic rings. The second-order valence-electron chi connectivity index (χ2n) is 6.00. The van der Waals surface area contributed by atoms with Gasteiger partial charge in [-0.3, -0.25) is 0 Å². The molecule has 2 aromatic rings. The molecule has 0 aromatic heterocycles. The van der Waals surface area contributed by atoms with Crippen LogP contribution in [-0.4, -0.2) is 52.4 Å². The van der Waals surface area contributed by atoms with Crippen LogP contribution < -0.4 is 0 Å². The van der Waals surface area contributed by atoms with Crippen LogP contribution >= 0.6 is 0 Å². The van der Waals surface area contributed by atoms with Gasteiger partial charge in [0.25, 0.3) is 0 Å². The Balaban J connectivity index is 1.72. The van der Waals surface area contributed by atoms with Crippen molar-refractivity contribution >= 4 is 10.8 Å². The van der Waals surface area contributed by atoms with Crippen molar-refractivity contribution in [2.75, 3.05) is 6.61 Å². The fraction of sp³-hybridized carbons (Fsp3) is 0.444. The minimum atomic E-state index is -1.06. The highest BCUT2D eigenvalue weighted by Crippen LogP contribution is 2.25. The molecule has 5 heteroatoms. The van der Waals surface area contributed by atoms with E-state index >= 15 is 0 Å². The molecule has 0 aliphatic carbocycles. The minimum absolute atomic E-state index is 0.272. The lowest BCUT2D eigenvalue weighted by Crippen LogP contribution is -2.58. The number of aliphatic hydroxyl groups excluding tert-OH is 3. The Morgan fingerprint density at radius 2 is 1.78 bits per heavy atom. The maximum absolute atomic E-state index is 10.2. The first-order chi connectivity index (χ1) is 11.1. The fourth-order valence-electron chi connectivity index (χ4n) is 2.99. The predicted molar refractivity (Wildman–Crippen MR) is 86.0 cm³/mol. The van der Waals surface area contributed by atoms with Crippen molar-refractivity contribution in [1.29, 1.82) is 0 Å². The summed E-state index contributed by atoms with van der Waals surface area (Å²) in [5.41, 5.74) is 0.961. The van der Waals surface area contributed by atoms with Crippen LogP contribution in [0.15, 0.2) is 42.5 Å². The van der Waals surface area contributed by atoms with Gasteiger partial charge in [-0.1, -0.05) is 36.4 Å². The molecule has 2 aromatic carbocycles. The summed E-state index contributed by atoms with van der Waals surface area (Å²) in [4.78, 5) is 0. The second-order valence-corrected chi connectivity index (χ2v) is 6.00. The molecule has 0 amide bonds. The van der Waals surface area contributed by atoms with Crippen molar-refractivity contribution in [3.8, 4) is 0 Å². The van der Waals surface area contributed by atoms with Crippen molar-refractivity contribution in [2.45, 2.75) is 44.1 Å². The van der Waals surface area contributed by atoms with Crippen LogP contribution in [0.1, 0.15) is 12.5 Å². The Hall–Kier alpha value is -1.50. The van der Waals surface area contributed by atoms with Gasteiger partial charge in [-0.05, 0) is 29.3 Å². The fourth-order valence-corrected chi connectivity index (χ4v) is 2.99. The van der Waals surface area contributed by atoms with E-state index in [1.54, 1.807) is 6.92 Å². The highest BCUT2D eigenvalue weighted by atomic mass is 16.6. The van der Waals surface area contributed by atoms with Gasteiger partial charge in [0, 0.05) is 0 Å². The van der Waals surface area contributed by atoms with Gasteiger partial charge >= 0.3 is 0 Å². The highest BCUT2D eigenvalue weighted by Gasteiger charge is 2.43. The van der Waals surface area contributed by atoms with Gasteiger partial charge in [0.1, 0.15) is 24.4 Å². The number of ether oxygens (including phenoxy) is 2. The molecule has 1 aliphatic heterocycles. The number of fused-ring (bicyclic) bond motifs is 1. The van der Waals surface area contributed by atoms with Crippen LogP contribution in [0.3, 0.4) is 0 Å². The zero-order chi connectivity index (χ0) is 16.4. The third kappa shape index (κ3) is 3.39. The number of hydrogen-bond acceptors (Lipinski definition) is 5. The Morgan fingerprint density at radius 3 is 2.52 bits per heavy atom. The van der Waals surface area contributed by atoms with Crippen LogP contribution in [-0.2, 0) is 16.1 Å². The van der Waals surface area contributed by atoms with E-state index in [1.807, 2.05) is 42.5 Å². The standard InChI is InChI=1S/C18H22O5/c1-11-16(20)18(17(21)15(9-19)23-11)22-10-12-6-7-13-4-2-3-5-14(13)8-12/h2-8,11,15-21H,9-10H2,1H3/t11-,15?,16?,17+,18+/m0/s1. The molecule has 1 saturated heterocycles. The van der Waals surface area contributed by atoms with Crippen LogP contribution in [0.4, 0.5) is 0 Å². The normalized spacial score (nSPS) is 31.4. The van der Waals surface area contributed by atoms with Crippen LogP contribution in [0.5, 0.6) is 0 Å². The van der Waals surface area contributed by atoms with Gasteiger partial charge in [-0.25, -0.2) is 0 Å². The van der Waals surface area contributed by atoms with Crippen molar-refractivity contribution in [3.05, 3.63) is 48.0 Å². The zero-order valence-corrected chi connectivity index (χ0v) is 13.0. The monoisotopic (exact) mass is 318 g/mol. The molecule has 0 radical (unpaired) electrons. The van der Waals surface area contributed by atoms with Gasteiger partial charge in [-0.2, -0.15) is 0 Å². The predicted octanol–water partition coefficient (Wildman–Crippen LogP) is 1.23. The first-order valence-electron chi connectivity index (χ1n) is 7.82. The average molecular weight is 318 g/mol. The van der Waals surface area contributed by atoms with Gasteiger partial charge in [0.15, 0.2) is 0 Å². The van der Waals surface area contributed by atoms with E-state index in [1.165, 1.54) is 0 Å². The lowest BCUT2D eigenvalue weighted by molar-refractivity contribution is -0.239. The van der Waals surface area contributed by atoms with Crippen molar-refractivity contribution in [3.63, 3.8) is 0 Å². The summed E-state index contributed by atoms with van der Waals surface area (Å²) in [5, 5.41) is 31.9. The van der Waals surface area contributed by atoms with E-state index in [4.69, 9.17) is 9.47 Å².